The first-order chi connectivity index (χ1) is 7.53. The number of nitrogens with zero attached hydrogens (tertiary/aromatic N) is 4. The van der Waals surface area contributed by atoms with Crippen molar-refractivity contribution in [3.8, 4) is 0 Å². The van der Waals surface area contributed by atoms with Crippen LogP contribution in [0, 0.1) is 0 Å². The van der Waals surface area contributed by atoms with Crippen molar-refractivity contribution in [3.05, 3.63) is 5.82 Å². The molecule has 0 bridgehead atoms. The van der Waals surface area contributed by atoms with Crippen LogP contribution in [0.3, 0.4) is 0 Å². The number of tetrazole rings is 1. The number of rotatable bonds is 3. The molecule has 7 heteroatoms. The Labute approximate surface area is 92.4 Å². The smallest absolute Gasteiger partial charge is 0.331 e. The molecule has 0 spiro atoms. The Kier molecular flexibility index (Phi) is 2.63. The normalized spacial score (nSPS) is 21.2. The lowest BCUT2D eigenvalue weighted by molar-refractivity contribution is -0.146. The van der Waals surface area contributed by atoms with Crippen LogP contribution in [0.15, 0.2) is 0 Å². The topological polar surface area (TPSA) is 90.1 Å². The Balaban J connectivity index is 2.35. The zero-order chi connectivity index (χ0) is 11.8. The van der Waals surface area contributed by atoms with Crippen LogP contribution in [0.4, 0.5) is 0 Å². The van der Waals surface area contributed by atoms with Crippen molar-refractivity contribution < 1.29 is 14.6 Å². The number of carbonyl (C=O) groups is 1. The summed E-state index contributed by atoms with van der Waals surface area (Å²) in [5.74, 6) is -0.482. The van der Waals surface area contributed by atoms with Crippen molar-refractivity contribution in [1.82, 2.24) is 20.2 Å². The van der Waals surface area contributed by atoms with Gasteiger partial charge < -0.3 is 9.84 Å². The van der Waals surface area contributed by atoms with E-state index < -0.39 is 11.5 Å². The SMILES string of the molecule is CC(C)(C(=O)O)n1nnnc1C1CCCO1. The highest BCUT2D eigenvalue weighted by Crippen LogP contribution is 2.29. The Morgan fingerprint density at radius 3 is 2.94 bits per heavy atom. The molecule has 1 N–H and O–H groups in total. The van der Waals surface area contributed by atoms with Crippen LogP contribution in [0.1, 0.15) is 38.6 Å². The summed E-state index contributed by atoms with van der Waals surface area (Å²) in [6.45, 7) is 3.79. The number of hydrogen-bond donors (Lipinski definition) is 1. The van der Waals surface area contributed by atoms with Crippen LogP contribution in [-0.2, 0) is 15.1 Å². The molecule has 0 radical (unpaired) electrons. The highest BCUT2D eigenvalue weighted by Gasteiger charge is 2.36. The molecule has 2 rings (SSSR count). The van der Waals surface area contributed by atoms with Crippen LogP contribution >= 0.6 is 0 Å². The average Bonchev–Trinajstić information content (AvgIpc) is 2.88. The summed E-state index contributed by atoms with van der Waals surface area (Å²) in [5.41, 5.74) is -1.16. The van der Waals surface area contributed by atoms with Gasteiger partial charge in [-0.25, -0.2) is 9.48 Å². The van der Waals surface area contributed by atoms with Crippen molar-refractivity contribution in [3.63, 3.8) is 0 Å². The fraction of sp³-hybridized carbons (Fsp3) is 0.778. The third kappa shape index (κ3) is 1.67. The average molecular weight is 226 g/mol. The van der Waals surface area contributed by atoms with Gasteiger partial charge in [0.1, 0.15) is 6.10 Å². The van der Waals surface area contributed by atoms with E-state index >= 15 is 0 Å². The Morgan fingerprint density at radius 2 is 2.38 bits per heavy atom. The number of carboxylic acids is 1. The van der Waals surface area contributed by atoms with Crippen LogP contribution in [0.25, 0.3) is 0 Å². The van der Waals surface area contributed by atoms with Crippen LogP contribution < -0.4 is 0 Å². The number of hydrogen-bond acceptors (Lipinski definition) is 5. The van der Waals surface area contributed by atoms with E-state index in [0.717, 1.165) is 12.8 Å². The highest BCUT2D eigenvalue weighted by molar-refractivity contribution is 5.75. The monoisotopic (exact) mass is 226 g/mol. The van der Waals surface area contributed by atoms with E-state index in [1.165, 1.54) is 4.68 Å². The van der Waals surface area contributed by atoms with Crippen LogP contribution in [0.2, 0.25) is 0 Å². The van der Waals surface area contributed by atoms with Gasteiger partial charge in [-0.3, -0.25) is 0 Å². The standard InChI is InChI=1S/C9H14N4O3/c1-9(2,8(14)15)13-7(10-11-12-13)6-4-3-5-16-6/h6H,3-5H2,1-2H3,(H,14,15). The van der Waals surface area contributed by atoms with Gasteiger partial charge in [0, 0.05) is 6.61 Å². The van der Waals surface area contributed by atoms with Crippen molar-refractivity contribution >= 4 is 5.97 Å². The maximum atomic E-state index is 11.1. The van der Waals surface area contributed by atoms with E-state index in [9.17, 15) is 4.79 Å². The van der Waals surface area contributed by atoms with Gasteiger partial charge in [0.25, 0.3) is 0 Å². The molecule has 1 unspecified atom stereocenters. The molecule has 88 valence electrons. The van der Waals surface area contributed by atoms with Crippen LogP contribution in [-0.4, -0.2) is 37.9 Å². The molecule has 0 aromatic carbocycles. The first kappa shape index (κ1) is 11.0. The van der Waals surface area contributed by atoms with E-state index in [-0.39, 0.29) is 6.10 Å². The molecule has 1 aromatic rings. The molecular weight excluding hydrogens is 212 g/mol. The van der Waals surface area contributed by atoms with Crippen molar-refractivity contribution in [2.45, 2.75) is 38.3 Å². The van der Waals surface area contributed by atoms with Crippen molar-refractivity contribution in [2.75, 3.05) is 6.61 Å². The second-order valence-corrected chi connectivity index (χ2v) is 4.31. The Hall–Kier alpha value is -1.50. The van der Waals surface area contributed by atoms with Gasteiger partial charge in [0.2, 0.25) is 0 Å². The van der Waals surface area contributed by atoms with E-state index in [0.29, 0.717) is 12.4 Å². The fourth-order valence-electron chi connectivity index (χ4n) is 1.66. The van der Waals surface area contributed by atoms with Gasteiger partial charge in [-0.2, -0.15) is 0 Å². The van der Waals surface area contributed by atoms with Crippen molar-refractivity contribution in [2.24, 2.45) is 0 Å². The minimum atomic E-state index is -1.16. The summed E-state index contributed by atoms with van der Waals surface area (Å²) in [6, 6.07) is 0. The largest absolute Gasteiger partial charge is 0.479 e. The third-order valence-corrected chi connectivity index (χ3v) is 2.76. The molecule has 1 aliphatic heterocycles. The molecule has 0 amide bonds. The van der Waals surface area contributed by atoms with Crippen molar-refractivity contribution in [1.29, 1.82) is 0 Å². The zero-order valence-corrected chi connectivity index (χ0v) is 9.25. The lowest BCUT2D eigenvalue weighted by Gasteiger charge is -2.21. The lowest BCUT2D eigenvalue weighted by atomic mass is 10.1. The number of carboxylic acid groups (broad SMARTS) is 1. The minimum absolute atomic E-state index is 0.186. The zero-order valence-electron chi connectivity index (χ0n) is 9.25. The van der Waals surface area contributed by atoms with Gasteiger partial charge in [-0.15, -0.1) is 5.10 Å². The molecule has 1 saturated heterocycles. The summed E-state index contributed by atoms with van der Waals surface area (Å²) < 4.78 is 6.78. The van der Waals surface area contributed by atoms with Gasteiger partial charge >= 0.3 is 5.97 Å². The molecular formula is C9H14N4O3. The lowest BCUT2D eigenvalue weighted by Crippen LogP contribution is -2.38. The quantitative estimate of drug-likeness (QED) is 0.799. The van der Waals surface area contributed by atoms with E-state index in [1.807, 2.05) is 0 Å². The Morgan fingerprint density at radius 1 is 1.62 bits per heavy atom. The first-order valence-corrected chi connectivity index (χ1v) is 5.17. The second-order valence-electron chi connectivity index (χ2n) is 4.31. The highest BCUT2D eigenvalue weighted by atomic mass is 16.5. The van der Waals surface area contributed by atoms with E-state index in [4.69, 9.17) is 9.84 Å². The molecule has 1 atom stereocenters. The van der Waals surface area contributed by atoms with Gasteiger partial charge in [0.05, 0.1) is 0 Å². The summed E-state index contributed by atoms with van der Waals surface area (Å²) in [6.07, 6.45) is 1.59. The fourth-order valence-corrected chi connectivity index (χ4v) is 1.66. The summed E-state index contributed by atoms with van der Waals surface area (Å²) in [4.78, 5) is 11.1. The third-order valence-electron chi connectivity index (χ3n) is 2.76. The van der Waals surface area contributed by atoms with Gasteiger partial charge in [0.15, 0.2) is 11.4 Å². The predicted octanol–water partition coefficient (Wildman–Crippen LogP) is 0.344. The van der Waals surface area contributed by atoms with E-state index in [1.54, 1.807) is 13.8 Å². The maximum Gasteiger partial charge on any atom is 0.331 e. The molecule has 16 heavy (non-hydrogen) atoms. The molecule has 1 aromatic heterocycles. The number of aromatic nitrogens is 4. The minimum Gasteiger partial charge on any atom is -0.479 e. The molecule has 2 heterocycles. The number of ether oxygens (including phenoxy) is 1. The summed E-state index contributed by atoms with van der Waals surface area (Å²) in [7, 11) is 0. The Bertz CT molecular complexity index is 395. The summed E-state index contributed by atoms with van der Waals surface area (Å²) in [5, 5.41) is 20.3. The molecule has 1 aliphatic rings. The molecule has 0 saturated carbocycles. The number of aliphatic carboxylic acids is 1. The maximum absolute atomic E-state index is 11.1. The second kappa shape index (κ2) is 3.82. The summed E-state index contributed by atoms with van der Waals surface area (Å²) >= 11 is 0. The van der Waals surface area contributed by atoms with Gasteiger partial charge in [-0.05, 0) is 37.1 Å². The van der Waals surface area contributed by atoms with E-state index in [2.05, 4.69) is 15.5 Å². The first-order valence-electron chi connectivity index (χ1n) is 5.17. The predicted molar refractivity (Wildman–Crippen MR) is 52.7 cm³/mol. The molecule has 0 aliphatic carbocycles. The molecule has 1 fully saturated rings. The van der Waals surface area contributed by atoms with Crippen LogP contribution in [0.5, 0.6) is 0 Å². The van der Waals surface area contributed by atoms with Gasteiger partial charge in [-0.1, -0.05) is 0 Å². The molecule has 7 nitrogen and oxygen atoms in total.